The first-order valence-corrected chi connectivity index (χ1v) is 8.24. The van der Waals surface area contributed by atoms with Crippen molar-refractivity contribution in [3.8, 4) is 0 Å². The zero-order valence-electron chi connectivity index (χ0n) is 13.3. The lowest BCUT2D eigenvalue weighted by atomic mass is 9.83. The first-order chi connectivity index (χ1) is 9.56. The Bertz CT molecular complexity index is 309. The summed E-state index contributed by atoms with van der Waals surface area (Å²) in [7, 11) is 0. The van der Waals surface area contributed by atoms with Gasteiger partial charge in [0, 0.05) is 18.8 Å². The van der Waals surface area contributed by atoms with Crippen LogP contribution in [-0.4, -0.2) is 18.4 Å². The average molecular weight is 282 g/mol. The van der Waals surface area contributed by atoms with E-state index in [2.05, 4.69) is 13.8 Å². The molecule has 0 unspecified atom stereocenters. The summed E-state index contributed by atoms with van der Waals surface area (Å²) in [6.07, 6.45) is 7.65. The minimum atomic E-state index is -0.0849. The summed E-state index contributed by atoms with van der Waals surface area (Å²) in [5.41, 5.74) is 0. The van der Waals surface area contributed by atoms with Gasteiger partial charge < -0.3 is 4.74 Å². The van der Waals surface area contributed by atoms with Gasteiger partial charge in [-0.15, -0.1) is 0 Å². The van der Waals surface area contributed by atoms with E-state index in [1.807, 2.05) is 6.92 Å². The van der Waals surface area contributed by atoms with Gasteiger partial charge in [0.25, 0.3) is 0 Å². The predicted octanol–water partition coefficient (Wildman–Crippen LogP) is 4.14. The first kappa shape index (κ1) is 17.2. The summed E-state index contributed by atoms with van der Waals surface area (Å²) in [5, 5.41) is 0. The zero-order valence-corrected chi connectivity index (χ0v) is 13.3. The van der Waals surface area contributed by atoms with Crippen LogP contribution in [0.25, 0.3) is 0 Å². The molecular weight excluding hydrogens is 252 g/mol. The molecule has 1 aliphatic rings. The lowest BCUT2D eigenvalue weighted by Gasteiger charge is -2.21. The van der Waals surface area contributed by atoms with Crippen LogP contribution in [0.15, 0.2) is 0 Å². The molecule has 3 nitrogen and oxygen atoms in total. The van der Waals surface area contributed by atoms with Crippen molar-refractivity contribution in [3.63, 3.8) is 0 Å². The molecule has 0 aromatic heterocycles. The monoisotopic (exact) mass is 282 g/mol. The maximum atomic E-state index is 11.9. The maximum Gasteiger partial charge on any atom is 0.305 e. The van der Waals surface area contributed by atoms with Crippen LogP contribution in [0.5, 0.6) is 0 Å². The van der Waals surface area contributed by atoms with E-state index in [9.17, 15) is 9.59 Å². The highest BCUT2D eigenvalue weighted by molar-refractivity contribution is 5.83. The van der Waals surface area contributed by atoms with Crippen LogP contribution in [0.2, 0.25) is 0 Å². The van der Waals surface area contributed by atoms with Gasteiger partial charge in [0.05, 0.1) is 6.61 Å². The number of carbonyl (C=O) groups is 2. The molecule has 0 radical (unpaired) electrons. The zero-order chi connectivity index (χ0) is 15.0. The van der Waals surface area contributed by atoms with E-state index < -0.39 is 0 Å². The van der Waals surface area contributed by atoms with Crippen molar-refractivity contribution < 1.29 is 14.3 Å². The molecule has 1 aliphatic carbocycles. The van der Waals surface area contributed by atoms with E-state index in [1.165, 1.54) is 0 Å². The second kappa shape index (κ2) is 9.15. The van der Waals surface area contributed by atoms with Gasteiger partial charge in [0.1, 0.15) is 5.78 Å². The molecule has 0 saturated heterocycles. The fourth-order valence-corrected chi connectivity index (χ4v) is 3.33. The highest BCUT2D eigenvalue weighted by Crippen LogP contribution is 2.37. The third-order valence-corrected chi connectivity index (χ3v) is 4.46. The van der Waals surface area contributed by atoms with E-state index in [1.54, 1.807) is 0 Å². The predicted molar refractivity (Wildman–Crippen MR) is 80.4 cm³/mol. The standard InChI is InChI=1S/C17H30O3/c1-4-20-17(19)10-8-6-5-7-9-15-14(13(2)3)11-12-16(15)18/h13-15H,4-12H2,1-3H3/t14-,15-/m1/s1. The molecule has 116 valence electrons. The summed E-state index contributed by atoms with van der Waals surface area (Å²) >= 11 is 0. The molecule has 0 N–H and O–H groups in total. The quantitative estimate of drug-likeness (QED) is 0.471. The van der Waals surface area contributed by atoms with Crippen LogP contribution in [0, 0.1) is 17.8 Å². The highest BCUT2D eigenvalue weighted by atomic mass is 16.5. The molecule has 3 heteroatoms. The van der Waals surface area contributed by atoms with Gasteiger partial charge in [-0.25, -0.2) is 0 Å². The van der Waals surface area contributed by atoms with Crippen molar-refractivity contribution in [2.75, 3.05) is 6.61 Å². The van der Waals surface area contributed by atoms with Crippen molar-refractivity contribution in [2.24, 2.45) is 17.8 Å². The van der Waals surface area contributed by atoms with Gasteiger partial charge in [-0.2, -0.15) is 0 Å². The van der Waals surface area contributed by atoms with Gasteiger partial charge in [0.15, 0.2) is 0 Å². The van der Waals surface area contributed by atoms with Crippen LogP contribution in [0.4, 0.5) is 0 Å². The van der Waals surface area contributed by atoms with Crippen molar-refractivity contribution in [3.05, 3.63) is 0 Å². The number of Topliss-reactive ketones (excluding diaryl/α,β-unsaturated/α-hetero) is 1. The Balaban J connectivity index is 2.11. The first-order valence-electron chi connectivity index (χ1n) is 8.24. The summed E-state index contributed by atoms with van der Waals surface area (Å²) in [4.78, 5) is 23.1. The van der Waals surface area contributed by atoms with E-state index in [0.29, 0.717) is 36.6 Å². The molecule has 0 heterocycles. The Kier molecular flexibility index (Phi) is 7.86. The minimum absolute atomic E-state index is 0.0849. The van der Waals surface area contributed by atoms with Crippen LogP contribution in [0.3, 0.4) is 0 Å². The topological polar surface area (TPSA) is 43.4 Å². The molecule has 1 rings (SSSR count). The van der Waals surface area contributed by atoms with Crippen LogP contribution < -0.4 is 0 Å². The number of carbonyl (C=O) groups excluding carboxylic acids is 2. The van der Waals surface area contributed by atoms with Gasteiger partial charge in [0.2, 0.25) is 0 Å². The van der Waals surface area contributed by atoms with Crippen LogP contribution in [-0.2, 0) is 14.3 Å². The Labute approximate surface area is 123 Å². The molecule has 0 amide bonds. The smallest absolute Gasteiger partial charge is 0.305 e. The Morgan fingerprint density at radius 2 is 1.95 bits per heavy atom. The van der Waals surface area contributed by atoms with Gasteiger partial charge >= 0.3 is 5.97 Å². The summed E-state index contributed by atoms with van der Waals surface area (Å²) in [5.74, 6) is 1.92. The Morgan fingerprint density at radius 3 is 2.60 bits per heavy atom. The summed E-state index contributed by atoms with van der Waals surface area (Å²) in [6.45, 7) is 6.77. The lowest BCUT2D eigenvalue weighted by molar-refractivity contribution is -0.143. The Hall–Kier alpha value is -0.860. The Morgan fingerprint density at radius 1 is 1.25 bits per heavy atom. The van der Waals surface area contributed by atoms with Gasteiger partial charge in [-0.1, -0.05) is 33.1 Å². The number of unbranched alkanes of at least 4 members (excludes halogenated alkanes) is 3. The number of hydrogen-bond donors (Lipinski definition) is 0. The van der Waals surface area contributed by atoms with Gasteiger partial charge in [-0.05, 0) is 38.0 Å². The van der Waals surface area contributed by atoms with E-state index in [-0.39, 0.29) is 5.97 Å². The number of rotatable bonds is 9. The van der Waals surface area contributed by atoms with E-state index >= 15 is 0 Å². The van der Waals surface area contributed by atoms with E-state index in [4.69, 9.17) is 4.74 Å². The molecule has 20 heavy (non-hydrogen) atoms. The van der Waals surface area contributed by atoms with Crippen molar-refractivity contribution in [1.29, 1.82) is 0 Å². The fourth-order valence-electron chi connectivity index (χ4n) is 3.33. The number of ether oxygens (including phenoxy) is 1. The lowest BCUT2D eigenvalue weighted by Crippen LogP contribution is -2.19. The number of esters is 1. The molecule has 0 spiro atoms. The van der Waals surface area contributed by atoms with Crippen molar-refractivity contribution >= 4 is 11.8 Å². The van der Waals surface area contributed by atoms with Crippen LogP contribution >= 0.6 is 0 Å². The molecular formula is C17H30O3. The highest BCUT2D eigenvalue weighted by Gasteiger charge is 2.35. The largest absolute Gasteiger partial charge is 0.466 e. The average Bonchev–Trinajstić information content (AvgIpc) is 2.75. The van der Waals surface area contributed by atoms with E-state index in [0.717, 1.165) is 44.9 Å². The molecule has 0 aromatic rings. The molecule has 1 fully saturated rings. The normalized spacial score (nSPS) is 22.5. The molecule has 1 saturated carbocycles. The third kappa shape index (κ3) is 5.64. The molecule has 0 aromatic carbocycles. The third-order valence-electron chi connectivity index (χ3n) is 4.46. The second-order valence-corrected chi connectivity index (χ2v) is 6.28. The molecule has 2 atom stereocenters. The maximum absolute atomic E-state index is 11.9. The number of hydrogen-bond acceptors (Lipinski definition) is 3. The SMILES string of the molecule is CCOC(=O)CCCCCC[C@H]1C(=O)CC[C@@H]1C(C)C. The second-order valence-electron chi connectivity index (χ2n) is 6.28. The van der Waals surface area contributed by atoms with Crippen molar-refractivity contribution in [2.45, 2.75) is 72.1 Å². The van der Waals surface area contributed by atoms with Crippen LogP contribution in [0.1, 0.15) is 72.1 Å². The number of ketones is 1. The van der Waals surface area contributed by atoms with Crippen molar-refractivity contribution in [1.82, 2.24) is 0 Å². The molecule has 0 aliphatic heterocycles. The summed E-state index contributed by atoms with van der Waals surface area (Å²) < 4.78 is 4.90. The molecule has 0 bridgehead atoms. The summed E-state index contributed by atoms with van der Waals surface area (Å²) in [6, 6.07) is 0. The fraction of sp³-hybridized carbons (Fsp3) is 0.882. The van der Waals surface area contributed by atoms with Gasteiger partial charge in [-0.3, -0.25) is 9.59 Å². The minimum Gasteiger partial charge on any atom is -0.466 e.